The van der Waals surface area contributed by atoms with Crippen LogP contribution in [0.5, 0.6) is 11.6 Å². The summed E-state index contributed by atoms with van der Waals surface area (Å²) in [6.45, 7) is 6.14. The van der Waals surface area contributed by atoms with E-state index in [-0.39, 0.29) is 6.04 Å². The molecule has 1 atom stereocenters. The second-order valence-electron chi connectivity index (χ2n) is 5.40. The van der Waals surface area contributed by atoms with Gasteiger partial charge in [0.15, 0.2) is 4.96 Å². The van der Waals surface area contributed by atoms with Gasteiger partial charge >= 0.3 is 0 Å². The summed E-state index contributed by atoms with van der Waals surface area (Å²) in [7, 11) is 0. The predicted molar refractivity (Wildman–Crippen MR) is 86.4 cm³/mol. The molecule has 0 aliphatic carbocycles. The minimum atomic E-state index is 0.0609. The first kappa shape index (κ1) is 14.1. The molecule has 0 aliphatic rings. The van der Waals surface area contributed by atoms with Gasteiger partial charge in [-0.25, -0.2) is 0 Å². The van der Waals surface area contributed by atoms with Crippen molar-refractivity contribution in [2.24, 2.45) is 5.73 Å². The third-order valence-corrected chi connectivity index (χ3v) is 4.36. The van der Waals surface area contributed by atoms with Crippen molar-refractivity contribution in [3.63, 3.8) is 0 Å². The maximum atomic E-state index is 6.08. The Morgan fingerprint density at radius 2 is 2.19 bits per heavy atom. The third-order valence-electron chi connectivity index (χ3n) is 3.60. The van der Waals surface area contributed by atoms with Crippen molar-refractivity contribution in [1.29, 1.82) is 0 Å². The molecule has 2 N–H and O–H groups in total. The third kappa shape index (κ3) is 2.66. The summed E-state index contributed by atoms with van der Waals surface area (Å²) in [5.41, 5.74) is 9.35. The fourth-order valence-electron chi connectivity index (χ4n) is 2.32. The normalized spacial score (nSPS) is 12.8. The van der Waals surface area contributed by atoms with Crippen LogP contribution in [0.2, 0.25) is 0 Å². The molecule has 0 amide bonds. The lowest BCUT2D eigenvalue weighted by atomic mass is 10.1. The second-order valence-corrected chi connectivity index (χ2v) is 6.27. The molecule has 3 aromatic rings. The second kappa shape index (κ2) is 5.50. The minimum absolute atomic E-state index is 0.0609. The van der Waals surface area contributed by atoms with Gasteiger partial charge in [-0.2, -0.15) is 4.98 Å². The van der Waals surface area contributed by atoms with Gasteiger partial charge in [0.2, 0.25) is 5.88 Å². The van der Waals surface area contributed by atoms with Crippen molar-refractivity contribution in [3.8, 4) is 11.6 Å². The van der Waals surface area contributed by atoms with E-state index in [0.29, 0.717) is 5.88 Å². The molecule has 5 heteroatoms. The Morgan fingerprint density at radius 1 is 1.38 bits per heavy atom. The summed E-state index contributed by atoms with van der Waals surface area (Å²) in [4.78, 5) is 5.53. The summed E-state index contributed by atoms with van der Waals surface area (Å²) < 4.78 is 8.15. The molecule has 110 valence electrons. The quantitative estimate of drug-likeness (QED) is 0.799. The van der Waals surface area contributed by atoms with E-state index in [4.69, 9.17) is 10.5 Å². The molecule has 21 heavy (non-hydrogen) atoms. The van der Waals surface area contributed by atoms with Crippen molar-refractivity contribution in [2.45, 2.75) is 33.2 Å². The smallest absolute Gasteiger partial charge is 0.242 e. The Bertz CT molecular complexity index is 773. The summed E-state index contributed by atoms with van der Waals surface area (Å²) in [6.07, 6.45) is 2.75. The molecule has 2 heterocycles. The Morgan fingerprint density at radius 3 is 2.95 bits per heavy atom. The van der Waals surface area contributed by atoms with Gasteiger partial charge in [0, 0.05) is 24.0 Å². The molecule has 1 unspecified atom stereocenters. The zero-order chi connectivity index (χ0) is 15.0. The van der Waals surface area contributed by atoms with E-state index in [1.54, 1.807) is 11.3 Å². The van der Waals surface area contributed by atoms with Gasteiger partial charge in [-0.1, -0.05) is 12.1 Å². The number of benzene rings is 1. The van der Waals surface area contributed by atoms with Crippen molar-refractivity contribution in [1.82, 2.24) is 9.38 Å². The average molecular weight is 301 g/mol. The monoisotopic (exact) mass is 301 g/mol. The molecule has 0 spiro atoms. The van der Waals surface area contributed by atoms with Gasteiger partial charge in [-0.05, 0) is 38.0 Å². The van der Waals surface area contributed by atoms with Crippen LogP contribution in [-0.4, -0.2) is 15.4 Å². The fraction of sp³-hybridized carbons (Fsp3) is 0.312. The van der Waals surface area contributed by atoms with Crippen molar-refractivity contribution < 1.29 is 4.74 Å². The Hall–Kier alpha value is -1.85. The maximum absolute atomic E-state index is 6.08. The topological polar surface area (TPSA) is 52.5 Å². The largest absolute Gasteiger partial charge is 0.437 e. The lowest BCUT2D eigenvalue weighted by molar-refractivity contribution is 0.453. The lowest BCUT2D eigenvalue weighted by Gasteiger charge is -2.11. The standard InChI is InChI=1S/C16H19N3OS/c1-10-5-4-6-14(12(10)3)20-15-13(9-11(2)17)19-7-8-21-16(19)18-15/h4-8,11H,9,17H2,1-3H3. The number of rotatable bonds is 4. The predicted octanol–water partition coefficient (Wildman–Crippen LogP) is 3.69. The number of imidazole rings is 1. The Balaban J connectivity index is 2.03. The zero-order valence-electron chi connectivity index (χ0n) is 12.5. The summed E-state index contributed by atoms with van der Waals surface area (Å²) in [5.74, 6) is 1.51. The number of nitrogens with zero attached hydrogens (tertiary/aromatic N) is 2. The number of thiazole rings is 1. The fourth-order valence-corrected chi connectivity index (χ4v) is 3.05. The molecule has 1 aromatic carbocycles. The average Bonchev–Trinajstić information content (AvgIpc) is 2.98. The number of aromatic nitrogens is 2. The number of hydrogen-bond donors (Lipinski definition) is 1. The highest BCUT2D eigenvalue weighted by molar-refractivity contribution is 7.15. The molecule has 3 rings (SSSR count). The highest BCUT2D eigenvalue weighted by Crippen LogP contribution is 2.31. The van der Waals surface area contributed by atoms with Crippen molar-refractivity contribution >= 4 is 16.3 Å². The van der Waals surface area contributed by atoms with Gasteiger partial charge in [0.1, 0.15) is 5.75 Å². The summed E-state index contributed by atoms with van der Waals surface area (Å²) >= 11 is 1.60. The van der Waals surface area contributed by atoms with Crippen LogP contribution in [0.25, 0.3) is 4.96 Å². The Kier molecular flexibility index (Phi) is 3.69. The van der Waals surface area contributed by atoms with Gasteiger partial charge in [0.25, 0.3) is 0 Å². The number of fused-ring (bicyclic) bond motifs is 1. The minimum Gasteiger partial charge on any atom is -0.437 e. The van der Waals surface area contributed by atoms with Crippen LogP contribution < -0.4 is 10.5 Å². The number of aryl methyl sites for hydroxylation is 1. The van der Waals surface area contributed by atoms with E-state index < -0.39 is 0 Å². The number of nitrogens with two attached hydrogens (primary N) is 1. The first-order valence-electron chi connectivity index (χ1n) is 7.00. The highest BCUT2D eigenvalue weighted by Gasteiger charge is 2.17. The molecule has 0 fully saturated rings. The van der Waals surface area contributed by atoms with Gasteiger partial charge in [-0.3, -0.25) is 4.40 Å². The molecular weight excluding hydrogens is 282 g/mol. The van der Waals surface area contributed by atoms with E-state index in [0.717, 1.165) is 28.4 Å². The molecule has 0 aliphatic heterocycles. The van der Waals surface area contributed by atoms with Gasteiger partial charge in [0.05, 0.1) is 5.69 Å². The van der Waals surface area contributed by atoms with Crippen molar-refractivity contribution in [2.75, 3.05) is 0 Å². The molecule has 4 nitrogen and oxygen atoms in total. The maximum Gasteiger partial charge on any atom is 0.242 e. The first-order valence-corrected chi connectivity index (χ1v) is 7.88. The van der Waals surface area contributed by atoms with Crippen LogP contribution in [0.3, 0.4) is 0 Å². The van der Waals surface area contributed by atoms with Crippen LogP contribution in [0.15, 0.2) is 29.8 Å². The van der Waals surface area contributed by atoms with Gasteiger partial charge < -0.3 is 10.5 Å². The summed E-state index contributed by atoms with van der Waals surface area (Å²) in [5, 5.41) is 2.02. The van der Waals surface area contributed by atoms with E-state index in [1.807, 2.05) is 30.6 Å². The summed E-state index contributed by atoms with van der Waals surface area (Å²) in [6, 6.07) is 6.12. The SMILES string of the molecule is Cc1cccc(Oc2nc3sccn3c2CC(C)N)c1C. The van der Waals surface area contributed by atoms with Crippen LogP contribution >= 0.6 is 11.3 Å². The number of ether oxygens (including phenoxy) is 1. The first-order chi connectivity index (χ1) is 10.1. The molecule has 2 aromatic heterocycles. The molecule has 0 bridgehead atoms. The van der Waals surface area contributed by atoms with Crippen molar-refractivity contribution in [3.05, 3.63) is 46.6 Å². The molecular formula is C16H19N3OS. The van der Waals surface area contributed by atoms with Crippen LogP contribution in [0.1, 0.15) is 23.7 Å². The van der Waals surface area contributed by atoms with E-state index in [2.05, 4.69) is 29.3 Å². The van der Waals surface area contributed by atoms with Crippen LogP contribution in [0.4, 0.5) is 0 Å². The van der Waals surface area contributed by atoms with E-state index in [9.17, 15) is 0 Å². The van der Waals surface area contributed by atoms with Crippen LogP contribution in [-0.2, 0) is 6.42 Å². The molecule has 0 saturated heterocycles. The van der Waals surface area contributed by atoms with Crippen LogP contribution in [0, 0.1) is 13.8 Å². The molecule has 0 saturated carbocycles. The highest BCUT2D eigenvalue weighted by atomic mass is 32.1. The lowest BCUT2D eigenvalue weighted by Crippen LogP contribution is -2.19. The molecule has 0 radical (unpaired) electrons. The van der Waals surface area contributed by atoms with Gasteiger partial charge in [-0.15, -0.1) is 11.3 Å². The number of hydrogen-bond acceptors (Lipinski definition) is 4. The zero-order valence-corrected chi connectivity index (χ0v) is 13.3. The van der Waals surface area contributed by atoms with E-state index >= 15 is 0 Å². The van der Waals surface area contributed by atoms with E-state index in [1.165, 1.54) is 5.56 Å². The Labute approximate surface area is 128 Å².